The summed E-state index contributed by atoms with van der Waals surface area (Å²) in [5.41, 5.74) is 2.56. The summed E-state index contributed by atoms with van der Waals surface area (Å²) in [6, 6.07) is 6.76. The minimum absolute atomic E-state index is 0.0703. The standard InChI is InChI=1S/C14H18BrN3O/c1-16-13(19)8-18-12-5-6-17-7-10(12)9-3-2-4-11(15)14(9)18/h2-4,10,12,17H,5-8H2,1H3,(H,16,19)/t10-,12-/m0/s1. The molecule has 1 fully saturated rings. The Bertz CT molecular complexity index is 505. The van der Waals surface area contributed by atoms with Crippen molar-refractivity contribution >= 4 is 27.5 Å². The van der Waals surface area contributed by atoms with Crippen molar-refractivity contribution in [2.45, 2.75) is 18.4 Å². The Morgan fingerprint density at radius 1 is 1.58 bits per heavy atom. The molecule has 1 aromatic rings. The van der Waals surface area contributed by atoms with Crippen molar-refractivity contribution in [1.29, 1.82) is 0 Å². The topological polar surface area (TPSA) is 44.4 Å². The van der Waals surface area contributed by atoms with E-state index in [1.54, 1.807) is 7.05 Å². The maximum atomic E-state index is 11.8. The van der Waals surface area contributed by atoms with E-state index in [-0.39, 0.29) is 5.91 Å². The molecular weight excluding hydrogens is 306 g/mol. The highest BCUT2D eigenvalue weighted by Crippen LogP contribution is 2.46. The molecule has 0 aromatic heterocycles. The second-order valence-electron chi connectivity index (χ2n) is 5.15. The summed E-state index contributed by atoms with van der Waals surface area (Å²) in [5.74, 6) is 0.562. The third kappa shape index (κ3) is 2.15. The van der Waals surface area contributed by atoms with Crippen molar-refractivity contribution < 1.29 is 4.79 Å². The fraction of sp³-hybridized carbons (Fsp3) is 0.500. The van der Waals surface area contributed by atoms with Crippen LogP contribution >= 0.6 is 15.9 Å². The highest BCUT2D eigenvalue weighted by Gasteiger charge is 2.41. The third-order valence-electron chi connectivity index (χ3n) is 4.14. The van der Waals surface area contributed by atoms with Gasteiger partial charge in [-0.05, 0) is 40.5 Å². The molecule has 0 radical (unpaired) electrons. The number of benzene rings is 1. The average Bonchev–Trinajstić information content (AvgIpc) is 2.75. The number of anilines is 1. The number of rotatable bonds is 2. The molecule has 2 aliphatic rings. The van der Waals surface area contributed by atoms with E-state index in [2.05, 4.69) is 49.7 Å². The van der Waals surface area contributed by atoms with Crippen LogP contribution in [0.25, 0.3) is 0 Å². The molecule has 4 nitrogen and oxygen atoms in total. The lowest BCUT2D eigenvalue weighted by Crippen LogP contribution is -2.47. The first-order valence-electron chi connectivity index (χ1n) is 6.68. The normalized spacial score (nSPS) is 24.8. The molecule has 1 amide bonds. The molecule has 2 heterocycles. The van der Waals surface area contributed by atoms with Crippen LogP contribution in [0.3, 0.4) is 0 Å². The van der Waals surface area contributed by atoms with Crippen molar-refractivity contribution in [3.8, 4) is 0 Å². The number of piperidine rings is 1. The van der Waals surface area contributed by atoms with Crippen LogP contribution in [0.15, 0.2) is 22.7 Å². The van der Waals surface area contributed by atoms with Crippen LogP contribution in [0, 0.1) is 0 Å². The quantitative estimate of drug-likeness (QED) is 0.866. The van der Waals surface area contributed by atoms with Crippen LogP contribution in [0.1, 0.15) is 17.9 Å². The fourth-order valence-corrected chi connectivity index (χ4v) is 3.87. The summed E-state index contributed by atoms with van der Waals surface area (Å²) in [4.78, 5) is 14.0. The first kappa shape index (κ1) is 12.9. The van der Waals surface area contributed by atoms with E-state index in [4.69, 9.17) is 0 Å². The van der Waals surface area contributed by atoms with Gasteiger partial charge in [-0.25, -0.2) is 0 Å². The van der Waals surface area contributed by atoms with Gasteiger partial charge < -0.3 is 15.5 Å². The molecule has 0 unspecified atom stereocenters. The smallest absolute Gasteiger partial charge is 0.239 e. The average molecular weight is 324 g/mol. The number of likely N-dealkylation sites (N-methyl/N-ethyl adjacent to an activating group) is 1. The Hall–Kier alpha value is -1.07. The minimum Gasteiger partial charge on any atom is -0.358 e. The molecule has 0 saturated carbocycles. The second-order valence-corrected chi connectivity index (χ2v) is 6.00. The number of halogens is 1. The molecule has 102 valence electrons. The Labute approximate surface area is 121 Å². The largest absolute Gasteiger partial charge is 0.358 e. The van der Waals surface area contributed by atoms with E-state index >= 15 is 0 Å². The molecule has 1 saturated heterocycles. The monoisotopic (exact) mass is 323 g/mol. The van der Waals surface area contributed by atoms with Crippen LogP contribution in [-0.2, 0) is 4.79 Å². The summed E-state index contributed by atoms with van der Waals surface area (Å²) in [7, 11) is 1.69. The zero-order valence-corrected chi connectivity index (χ0v) is 12.5. The number of carbonyl (C=O) groups excluding carboxylic acids is 1. The summed E-state index contributed by atoms with van der Waals surface area (Å²) in [5, 5.41) is 6.19. The summed E-state index contributed by atoms with van der Waals surface area (Å²) < 4.78 is 1.09. The highest BCUT2D eigenvalue weighted by molar-refractivity contribution is 9.10. The molecule has 3 rings (SSSR count). The van der Waals surface area contributed by atoms with Gasteiger partial charge in [-0.15, -0.1) is 0 Å². The third-order valence-corrected chi connectivity index (χ3v) is 4.78. The molecule has 5 heteroatoms. The van der Waals surface area contributed by atoms with Gasteiger partial charge in [-0.3, -0.25) is 4.79 Å². The van der Waals surface area contributed by atoms with E-state index in [1.807, 2.05) is 0 Å². The van der Waals surface area contributed by atoms with Crippen molar-refractivity contribution in [3.63, 3.8) is 0 Å². The number of para-hydroxylation sites is 1. The van der Waals surface area contributed by atoms with Gasteiger partial charge in [0, 0.05) is 30.0 Å². The molecule has 0 spiro atoms. The molecule has 2 atom stereocenters. The van der Waals surface area contributed by atoms with Gasteiger partial charge in [0.2, 0.25) is 5.91 Å². The zero-order valence-electron chi connectivity index (χ0n) is 10.9. The number of hydrogen-bond donors (Lipinski definition) is 2. The molecule has 0 bridgehead atoms. The number of nitrogens with zero attached hydrogens (tertiary/aromatic N) is 1. The predicted octanol–water partition coefficient (Wildman–Crippen LogP) is 1.46. The van der Waals surface area contributed by atoms with Gasteiger partial charge in [-0.2, -0.15) is 0 Å². The second kappa shape index (κ2) is 5.13. The number of fused-ring (bicyclic) bond motifs is 3. The molecule has 2 aliphatic heterocycles. The zero-order chi connectivity index (χ0) is 13.4. The van der Waals surface area contributed by atoms with Crippen LogP contribution in [-0.4, -0.2) is 38.6 Å². The van der Waals surface area contributed by atoms with Crippen LogP contribution in [0.5, 0.6) is 0 Å². The van der Waals surface area contributed by atoms with Crippen molar-refractivity contribution in [2.24, 2.45) is 0 Å². The lowest BCUT2D eigenvalue weighted by Gasteiger charge is -2.33. The van der Waals surface area contributed by atoms with Crippen molar-refractivity contribution in [1.82, 2.24) is 10.6 Å². The number of hydrogen-bond acceptors (Lipinski definition) is 3. The fourth-order valence-electron chi connectivity index (χ4n) is 3.27. The Morgan fingerprint density at radius 2 is 2.42 bits per heavy atom. The first-order valence-corrected chi connectivity index (χ1v) is 7.48. The van der Waals surface area contributed by atoms with Gasteiger partial charge in [-0.1, -0.05) is 12.1 Å². The number of nitrogens with one attached hydrogen (secondary N) is 2. The minimum atomic E-state index is 0.0703. The highest BCUT2D eigenvalue weighted by atomic mass is 79.9. The Kier molecular flexibility index (Phi) is 3.50. The summed E-state index contributed by atoms with van der Waals surface area (Å²) >= 11 is 3.64. The number of amides is 1. The molecule has 0 aliphatic carbocycles. The molecular formula is C14H18BrN3O. The Balaban J connectivity index is 2.00. The SMILES string of the molecule is CNC(=O)CN1c2c(Br)cccc2[C@@H]2CNCC[C@@H]21. The number of carbonyl (C=O) groups is 1. The molecule has 1 aromatic carbocycles. The van der Waals surface area contributed by atoms with Crippen LogP contribution in [0.2, 0.25) is 0 Å². The van der Waals surface area contributed by atoms with E-state index in [0.29, 0.717) is 18.5 Å². The maximum Gasteiger partial charge on any atom is 0.239 e. The van der Waals surface area contributed by atoms with Gasteiger partial charge in [0.15, 0.2) is 0 Å². The van der Waals surface area contributed by atoms with Gasteiger partial charge in [0.1, 0.15) is 0 Å². The predicted molar refractivity (Wildman–Crippen MR) is 79.6 cm³/mol. The van der Waals surface area contributed by atoms with Crippen molar-refractivity contribution in [3.05, 3.63) is 28.2 Å². The maximum absolute atomic E-state index is 11.8. The van der Waals surface area contributed by atoms with Crippen LogP contribution < -0.4 is 15.5 Å². The van der Waals surface area contributed by atoms with E-state index in [9.17, 15) is 4.79 Å². The van der Waals surface area contributed by atoms with Crippen LogP contribution in [0.4, 0.5) is 5.69 Å². The summed E-state index contributed by atoms with van der Waals surface area (Å²) in [6.07, 6.45) is 1.09. The molecule has 19 heavy (non-hydrogen) atoms. The first-order chi connectivity index (χ1) is 9.22. The molecule has 2 N–H and O–H groups in total. The summed E-state index contributed by atoms with van der Waals surface area (Å²) in [6.45, 7) is 2.46. The Morgan fingerprint density at radius 3 is 3.21 bits per heavy atom. The van der Waals surface area contributed by atoms with Gasteiger partial charge in [0.25, 0.3) is 0 Å². The van der Waals surface area contributed by atoms with Crippen molar-refractivity contribution in [2.75, 3.05) is 31.6 Å². The van der Waals surface area contributed by atoms with Gasteiger partial charge in [0.05, 0.1) is 12.2 Å². The van der Waals surface area contributed by atoms with Gasteiger partial charge >= 0.3 is 0 Å². The van der Waals surface area contributed by atoms with E-state index < -0.39 is 0 Å². The van der Waals surface area contributed by atoms with E-state index in [0.717, 1.165) is 24.0 Å². The lowest BCUT2D eigenvalue weighted by atomic mass is 9.90. The lowest BCUT2D eigenvalue weighted by molar-refractivity contribution is -0.119. The van der Waals surface area contributed by atoms with E-state index in [1.165, 1.54) is 11.3 Å².